The number of hydrogen-bond acceptors (Lipinski definition) is 4. The maximum atomic E-state index is 12.3. The fraction of sp³-hybridized carbons (Fsp3) is 0.800. The molecular weight excluding hydrogens is 341 g/mol. The molecule has 0 aromatic rings. The number of ether oxygens (including phenoxy) is 1. The number of esters is 1. The Kier molecular flexibility index (Phi) is 7.50. The van der Waals surface area contributed by atoms with Crippen LogP contribution in [0.15, 0.2) is 4.99 Å². The quantitative estimate of drug-likeness (QED) is 0.441. The van der Waals surface area contributed by atoms with Gasteiger partial charge in [0.1, 0.15) is 13.1 Å². The van der Waals surface area contributed by atoms with Crippen molar-refractivity contribution >= 4 is 17.8 Å². The summed E-state index contributed by atoms with van der Waals surface area (Å²) in [5.74, 6) is -0.914. The van der Waals surface area contributed by atoms with Gasteiger partial charge in [-0.15, -0.1) is 0 Å². The number of likely N-dealkylation sites (N-methyl/N-ethyl adjacent to an activating group) is 1. The molecule has 0 spiro atoms. The monoisotopic (exact) mass is 366 g/mol. The standard InChI is InChI=1S/C15H25F3N4O3/c1-5-19-14(20-6-12(23)21(3)9-15(16,17)18)22-7-10(2)11(8-22)13(24)25-4/h10-11H,5-9H2,1-4H3,(H,19,20). The van der Waals surface area contributed by atoms with Gasteiger partial charge in [-0.1, -0.05) is 6.92 Å². The van der Waals surface area contributed by atoms with Crippen molar-refractivity contribution in [3.8, 4) is 0 Å². The molecule has 0 saturated carbocycles. The third kappa shape index (κ3) is 6.43. The number of guanidine groups is 1. The number of likely N-dealkylation sites (tertiary alicyclic amines) is 1. The summed E-state index contributed by atoms with van der Waals surface area (Å²) in [6.45, 7) is 3.48. The van der Waals surface area contributed by atoms with Crippen molar-refractivity contribution in [1.82, 2.24) is 15.1 Å². The number of hydrogen-bond donors (Lipinski definition) is 1. The molecule has 0 aromatic carbocycles. The van der Waals surface area contributed by atoms with Crippen LogP contribution in [0.25, 0.3) is 0 Å². The van der Waals surface area contributed by atoms with Crippen molar-refractivity contribution in [3.05, 3.63) is 0 Å². The van der Waals surface area contributed by atoms with Crippen LogP contribution < -0.4 is 5.32 Å². The summed E-state index contributed by atoms with van der Waals surface area (Å²) in [5.41, 5.74) is 0. The van der Waals surface area contributed by atoms with Crippen LogP contribution in [0.1, 0.15) is 13.8 Å². The molecule has 25 heavy (non-hydrogen) atoms. The van der Waals surface area contributed by atoms with E-state index in [2.05, 4.69) is 10.3 Å². The SMILES string of the molecule is CCNC(=NCC(=O)N(C)CC(F)(F)F)N1CC(C)C(C(=O)OC)C1. The van der Waals surface area contributed by atoms with Crippen molar-refractivity contribution in [2.45, 2.75) is 20.0 Å². The van der Waals surface area contributed by atoms with E-state index in [4.69, 9.17) is 4.74 Å². The number of rotatable bonds is 5. The van der Waals surface area contributed by atoms with E-state index in [1.54, 1.807) is 0 Å². The average molecular weight is 366 g/mol. The second-order valence-electron chi connectivity index (χ2n) is 6.05. The van der Waals surface area contributed by atoms with Gasteiger partial charge < -0.3 is 19.9 Å². The van der Waals surface area contributed by atoms with Crippen molar-refractivity contribution < 1.29 is 27.5 Å². The molecule has 0 aliphatic carbocycles. The van der Waals surface area contributed by atoms with E-state index in [-0.39, 0.29) is 17.8 Å². The summed E-state index contributed by atoms with van der Waals surface area (Å²) >= 11 is 0. The van der Waals surface area contributed by atoms with E-state index < -0.39 is 25.2 Å². The lowest BCUT2D eigenvalue weighted by atomic mass is 9.99. The fourth-order valence-corrected chi connectivity index (χ4v) is 2.64. The number of halogens is 3. The van der Waals surface area contributed by atoms with Crippen LogP contribution in [0.3, 0.4) is 0 Å². The summed E-state index contributed by atoms with van der Waals surface area (Å²) in [7, 11) is 2.41. The first-order valence-corrected chi connectivity index (χ1v) is 8.00. The number of carbonyl (C=O) groups is 2. The van der Waals surface area contributed by atoms with Crippen molar-refractivity contribution in [3.63, 3.8) is 0 Å². The highest BCUT2D eigenvalue weighted by atomic mass is 19.4. The Bertz CT molecular complexity index is 511. The Morgan fingerprint density at radius 1 is 1.36 bits per heavy atom. The summed E-state index contributed by atoms with van der Waals surface area (Å²) in [6, 6.07) is 0. The van der Waals surface area contributed by atoms with Crippen LogP contribution in [-0.2, 0) is 14.3 Å². The predicted molar refractivity (Wildman–Crippen MR) is 85.9 cm³/mol. The highest BCUT2D eigenvalue weighted by molar-refractivity contribution is 5.86. The lowest BCUT2D eigenvalue weighted by Crippen LogP contribution is -2.42. The molecule has 1 fully saturated rings. The topological polar surface area (TPSA) is 74.2 Å². The molecule has 1 N–H and O–H groups in total. The van der Waals surface area contributed by atoms with Crippen LogP contribution in [-0.4, -0.2) is 80.7 Å². The number of nitrogens with one attached hydrogen (secondary N) is 1. The van der Waals surface area contributed by atoms with Gasteiger partial charge in [-0.25, -0.2) is 4.99 Å². The van der Waals surface area contributed by atoms with E-state index in [1.807, 2.05) is 18.7 Å². The number of carbonyl (C=O) groups excluding carboxylic acids is 2. The van der Waals surface area contributed by atoms with Crippen molar-refractivity contribution in [2.75, 3.05) is 46.9 Å². The minimum atomic E-state index is -4.45. The summed E-state index contributed by atoms with van der Waals surface area (Å²) in [6.07, 6.45) is -4.45. The molecule has 0 aromatic heterocycles. The highest BCUT2D eigenvalue weighted by Gasteiger charge is 2.37. The first kappa shape index (κ1) is 21.0. The number of methoxy groups -OCH3 is 1. The molecule has 1 aliphatic rings. The van der Waals surface area contributed by atoms with E-state index in [0.717, 1.165) is 7.05 Å². The van der Waals surface area contributed by atoms with Gasteiger partial charge in [0, 0.05) is 26.7 Å². The molecule has 1 amide bonds. The van der Waals surface area contributed by atoms with E-state index in [9.17, 15) is 22.8 Å². The zero-order chi connectivity index (χ0) is 19.2. The van der Waals surface area contributed by atoms with Gasteiger partial charge in [0.15, 0.2) is 5.96 Å². The average Bonchev–Trinajstić information content (AvgIpc) is 2.90. The summed E-state index contributed by atoms with van der Waals surface area (Å²) in [5, 5.41) is 3.00. The lowest BCUT2D eigenvalue weighted by Gasteiger charge is -2.22. The van der Waals surface area contributed by atoms with E-state index >= 15 is 0 Å². The second-order valence-corrected chi connectivity index (χ2v) is 6.05. The van der Waals surface area contributed by atoms with E-state index in [0.29, 0.717) is 30.5 Å². The van der Waals surface area contributed by atoms with Gasteiger partial charge >= 0.3 is 12.1 Å². The van der Waals surface area contributed by atoms with Gasteiger partial charge in [-0.2, -0.15) is 13.2 Å². The third-order valence-corrected chi connectivity index (χ3v) is 3.96. The van der Waals surface area contributed by atoms with Gasteiger partial charge in [0.25, 0.3) is 0 Å². The molecule has 144 valence electrons. The van der Waals surface area contributed by atoms with Gasteiger partial charge in [0.05, 0.1) is 13.0 Å². The molecule has 1 heterocycles. The fourth-order valence-electron chi connectivity index (χ4n) is 2.64. The Morgan fingerprint density at radius 3 is 2.52 bits per heavy atom. The molecule has 1 saturated heterocycles. The molecule has 7 nitrogen and oxygen atoms in total. The largest absolute Gasteiger partial charge is 0.469 e. The Morgan fingerprint density at radius 2 is 2.00 bits per heavy atom. The van der Waals surface area contributed by atoms with Crippen LogP contribution in [0, 0.1) is 11.8 Å². The zero-order valence-corrected chi connectivity index (χ0v) is 14.9. The van der Waals surface area contributed by atoms with Crippen LogP contribution in [0.5, 0.6) is 0 Å². The minimum Gasteiger partial charge on any atom is -0.469 e. The van der Waals surface area contributed by atoms with Crippen molar-refractivity contribution in [2.24, 2.45) is 16.8 Å². The van der Waals surface area contributed by atoms with Crippen molar-refractivity contribution in [1.29, 1.82) is 0 Å². The molecule has 2 atom stereocenters. The Labute approximate surface area is 145 Å². The summed E-state index contributed by atoms with van der Waals surface area (Å²) < 4.78 is 41.8. The predicted octanol–water partition coefficient (Wildman–Crippen LogP) is 0.714. The molecule has 1 rings (SSSR count). The number of amides is 1. The van der Waals surface area contributed by atoms with Crippen LogP contribution in [0.4, 0.5) is 13.2 Å². The van der Waals surface area contributed by atoms with Gasteiger partial charge in [-0.3, -0.25) is 9.59 Å². The maximum Gasteiger partial charge on any atom is 0.406 e. The highest BCUT2D eigenvalue weighted by Crippen LogP contribution is 2.24. The first-order chi connectivity index (χ1) is 11.6. The number of alkyl halides is 3. The Balaban J connectivity index is 2.75. The normalized spacial score (nSPS) is 21.2. The molecular formula is C15H25F3N4O3. The number of nitrogens with zero attached hydrogens (tertiary/aromatic N) is 3. The van der Waals surface area contributed by atoms with Crippen LogP contribution in [0.2, 0.25) is 0 Å². The Hall–Kier alpha value is -2.00. The molecule has 0 radical (unpaired) electrons. The second kappa shape index (κ2) is 8.91. The third-order valence-electron chi connectivity index (χ3n) is 3.96. The van der Waals surface area contributed by atoms with Gasteiger partial charge in [0.2, 0.25) is 5.91 Å². The molecule has 1 aliphatic heterocycles. The maximum absolute atomic E-state index is 12.3. The smallest absolute Gasteiger partial charge is 0.406 e. The molecule has 0 bridgehead atoms. The summed E-state index contributed by atoms with van der Waals surface area (Å²) in [4.78, 5) is 30.1. The number of aliphatic imine (C=N–C) groups is 1. The van der Waals surface area contributed by atoms with Gasteiger partial charge in [-0.05, 0) is 12.8 Å². The molecule has 10 heteroatoms. The van der Waals surface area contributed by atoms with E-state index in [1.165, 1.54) is 7.11 Å². The zero-order valence-electron chi connectivity index (χ0n) is 14.9. The molecule has 2 unspecified atom stereocenters. The first-order valence-electron chi connectivity index (χ1n) is 8.00. The van der Waals surface area contributed by atoms with Crippen LogP contribution >= 0.6 is 0 Å². The minimum absolute atomic E-state index is 0.0416. The lowest BCUT2D eigenvalue weighted by molar-refractivity contribution is -0.157.